The summed E-state index contributed by atoms with van der Waals surface area (Å²) in [6.07, 6.45) is 3.48. The minimum atomic E-state index is 0.483. The lowest BCUT2D eigenvalue weighted by Crippen LogP contribution is -2.00. The summed E-state index contributed by atoms with van der Waals surface area (Å²) in [5.41, 5.74) is 4.23. The number of aromatic amines is 1. The molecule has 5 aromatic rings. The van der Waals surface area contributed by atoms with Crippen molar-refractivity contribution in [3.8, 4) is 0 Å². The minimum absolute atomic E-state index is 0.483. The van der Waals surface area contributed by atoms with Crippen LogP contribution in [0.2, 0.25) is 0 Å². The Morgan fingerprint density at radius 3 is 2.67 bits per heavy atom. The van der Waals surface area contributed by atoms with E-state index in [1.54, 1.807) is 18.5 Å². The molecule has 8 heteroatoms. The first-order valence-corrected chi connectivity index (χ1v) is 8.36. The highest BCUT2D eigenvalue weighted by Gasteiger charge is 2.04. The van der Waals surface area contributed by atoms with Gasteiger partial charge < -0.3 is 10.6 Å². The lowest BCUT2D eigenvalue weighted by molar-refractivity contribution is 0.959. The second-order valence-corrected chi connectivity index (χ2v) is 5.96. The predicted molar refractivity (Wildman–Crippen MR) is 104 cm³/mol. The molecule has 5 rings (SSSR count). The fourth-order valence-corrected chi connectivity index (χ4v) is 2.82. The number of fused-ring (bicyclic) bond motifs is 2. The average Bonchev–Trinajstić information content (AvgIpc) is 3.16. The number of H-pyrrole nitrogens is 1. The Hall–Kier alpha value is -4.07. The zero-order valence-electron chi connectivity index (χ0n) is 14.1. The van der Waals surface area contributed by atoms with Crippen LogP contribution in [-0.2, 0) is 0 Å². The molecule has 0 aliphatic heterocycles. The molecule has 2 aromatic carbocycles. The van der Waals surface area contributed by atoms with Crippen molar-refractivity contribution >= 4 is 45.1 Å². The Morgan fingerprint density at radius 2 is 1.67 bits per heavy atom. The van der Waals surface area contributed by atoms with Gasteiger partial charge in [0.2, 0.25) is 5.95 Å². The van der Waals surface area contributed by atoms with Crippen molar-refractivity contribution in [1.82, 2.24) is 30.4 Å². The number of anilines is 4. The van der Waals surface area contributed by atoms with Crippen LogP contribution >= 0.6 is 0 Å². The van der Waals surface area contributed by atoms with Crippen molar-refractivity contribution in [2.45, 2.75) is 0 Å². The maximum Gasteiger partial charge on any atom is 0.229 e. The fraction of sp³-hybridized carbons (Fsp3) is 0. The largest absolute Gasteiger partial charge is 0.339 e. The molecular weight excluding hydrogens is 340 g/mol. The molecule has 3 aromatic heterocycles. The van der Waals surface area contributed by atoms with Gasteiger partial charge in [-0.15, -0.1) is 0 Å². The summed E-state index contributed by atoms with van der Waals surface area (Å²) >= 11 is 0. The maximum absolute atomic E-state index is 4.51. The standard InChI is InChI=1S/C19H14N8/c1-2-4-15-12(3-1)9-14(11-21-15)22-18-7-8-20-19(24-18)23-13-5-6-16-17(10-13)26-27-25-16/h1-11H,(H,25,26,27)(H2,20,22,23,24). The maximum atomic E-state index is 4.51. The second kappa shape index (κ2) is 6.34. The van der Waals surface area contributed by atoms with Gasteiger partial charge in [-0.3, -0.25) is 4.98 Å². The zero-order chi connectivity index (χ0) is 18.1. The van der Waals surface area contributed by atoms with Crippen LogP contribution in [0.4, 0.5) is 23.1 Å². The number of nitrogens with zero attached hydrogens (tertiary/aromatic N) is 5. The van der Waals surface area contributed by atoms with Crippen LogP contribution in [0.1, 0.15) is 0 Å². The number of hydrogen-bond acceptors (Lipinski definition) is 7. The van der Waals surface area contributed by atoms with Crippen LogP contribution in [-0.4, -0.2) is 30.4 Å². The molecule has 0 amide bonds. The van der Waals surface area contributed by atoms with Gasteiger partial charge in [-0.1, -0.05) is 18.2 Å². The van der Waals surface area contributed by atoms with Gasteiger partial charge in [-0.05, 0) is 36.4 Å². The number of pyridine rings is 1. The van der Waals surface area contributed by atoms with Gasteiger partial charge in [-0.2, -0.15) is 20.4 Å². The Kier molecular flexibility index (Phi) is 3.57. The van der Waals surface area contributed by atoms with Crippen LogP contribution in [0.5, 0.6) is 0 Å². The molecule has 3 heterocycles. The molecule has 0 aliphatic rings. The van der Waals surface area contributed by atoms with Gasteiger partial charge in [0.25, 0.3) is 0 Å². The molecule has 0 spiro atoms. The molecule has 0 fully saturated rings. The van der Waals surface area contributed by atoms with E-state index in [1.165, 1.54) is 0 Å². The third-order valence-electron chi connectivity index (χ3n) is 4.09. The lowest BCUT2D eigenvalue weighted by Gasteiger charge is -2.09. The molecule has 0 aliphatic carbocycles. The number of para-hydroxylation sites is 1. The smallest absolute Gasteiger partial charge is 0.229 e. The quantitative estimate of drug-likeness (QED) is 0.451. The van der Waals surface area contributed by atoms with Gasteiger partial charge in [0.15, 0.2) is 0 Å². The number of aromatic nitrogens is 6. The van der Waals surface area contributed by atoms with Gasteiger partial charge in [0.1, 0.15) is 16.9 Å². The SMILES string of the molecule is c1ccc2ncc(Nc3ccnc(Nc4ccc5n[nH]nc5c4)n3)cc2c1. The highest BCUT2D eigenvalue weighted by atomic mass is 15.3. The summed E-state index contributed by atoms with van der Waals surface area (Å²) in [4.78, 5) is 13.2. The first-order valence-electron chi connectivity index (χ1n) is 8.36. The third kappa shape index (κ3) is 3.11. The molecule has 27 heavy (non-hydrogen) atoms. The predicted octanol–water partition coefficient (Wildman–Crippen LogP) is 3.78. The van der Waals surface area contributed by atoms with Crippen molar-refractivity contribution in [3.63, 3.8) is 0 Å². The number of nitrogens with one attached hydrogen (secondary N) is 3. The van der Waals surface area contributed by atoms with Crippen LogP contribution in [0.3, 0.4) is 0 Å². The lowest BCUT2D eigenvalue weighted by atomic mass is 10.2. The Morgan fingerprint density at radius 1 is 0.741 bits per heavy atom. The van der Waals surface area contributed by atoms with E-state index in [0.29, 0.717) is 11.8 Å². The average molecular weight is 354 g/mol. The highest BCUT2D eigenvalue weighted by molar-refractivity contribution is 5.82. The fourth-order valence-electron chi connectivity index (χ4n) is 2.82. The summed E-state index contributed by atoms with van der Waals surface area (Å²) in [5.74, 6) is 1.16. The van der Waals surface area contributed by atoms with E-state index in [2.05, 4.69) is 41.0 Å². The van der Waals surface area contributed by atoms with Crippen molar-refractivity contribution in [1.29, 1.82) is 0 Å². The van der Waals surface area contributed by atoms with Crippen LogP contribution in [0, 0.1) is 0 Å². The van der Waals surface area contributed by atoms with Crippen molar-refractivity contribution in [3.05, 3.63) is 67.0 Å². The monoisotopic (exact) mass is 354 g/mol. The van der Waals surface area contributed by atoms with E-state index >= 15 is 0 Å². The van der Waals surface area contributed by atoms with E-state index in [4.69, 9.17) is 0 Å². The Bertz CT molecular complexity index is 1250. The molecular formula is C19H14N8. The molecule has 130 valence electrons. The topological polar surface area (TPSA) is 104 Å². The van der Waals surface area contributed by atoms with Crippen molar-refractivity contribution < 1.29 is 0 Å². The highest BCUT2D eigenvalue weighted by Crippen LogP contribution is 2.21. The summed E-state index contributed by atoms with van der Waals surface area (Å²) in [6, 6.07) is 17.5. The second-order valence-electron chi connectivity index (χ2n) is 5.96. The molecule has 0 saturated carbocycles. The molecule has 0 unspecified atom stereocenters. The van der Waals surface area contributed by atoms with E-state index in [9.17, 15) is 0 Å². The van der Waals surface area contributed by atoms with Crippen LogP contribution in [0.15, 0.2) is 67.0 Å². The molecule has 0 atom stereocenters. The summed E-state index contributed by atoms with van der Waals surface area (Å²) in [6.45, 7) is 0. The van der Waals surface area contributed by atoms with Crippen molar-refractivity contribution in [2.75, 3.05) is 10.6 Å². The molecule has 0 saturated heterocycles. The number of hydrogen-bond donors (Lipinski definition) is 3. The molecule has 8 nitrogen and oxygen atoms in total. The Balaban J connectivity index is 1.39. The van der Waals surface area contributed by atoms with Gasteiger partial charge in [0.05, 0.1) is 17.4 Å². The normalized spacial score (nSPS) is 11.0. The van der Waals surface area contributed by atoms with Gasteiger partial charge in [0, 0.05) is 17.3 Å². The van der Waals surface area contributed by atoms with Crippen LogP contribution in [0.25, 0.3) is 21.9 Å². The zero-order valence-corrected chi connectivity index (χ0v) is 14.1. The molecule has 3 N–H and O–H groups in total. The Labute approximate surface area is 153 Å². The number of benzene rings is 2. The van der Waals surface area contributed by atoms with E-state index in [-0.39, 0.29) is 0 Å². The van der Waals surface area contributed by atoms with E-state index < -0.39 is 0 Å². The van der Waals surface area contributed by atoms with Crippen molar-refractivity contribution in [2.24, 2.45) is 0 Å². The summed E-state index contributed by atoms with van der Waals surface area (Å²) in [7, 11) is 0. The van der Waals surface area contributed by atoms with Gasteiger partial charge in [-0.25, -0.2) is 4.98 Å². The first kappa shape index (κ1) is 15.2. The first-order chi connectivity index (χ1) is 13.3. The summed E-state index contributed by atoms with van der Waals surface area (Å²) in [5, 5.41) is 18.2. The molecule has 0 bridgehead atoms. The third-order valence-corrected chi connectivity index (χ3v) is 4.09. The van der Waals surface area contributed by atoms with E-state index in [1.807, 2.05) is 48.5 Å². The summed E-state index contributed by atoms with van der Waals surface area (Å²) < 4.78 is 0. The van der Waals surface area contributed by atoms with E-state index in [0.717, 1.165) is 33.3 Å². The number of rotatable bonds is 4. The minimum Gasteiger partial charge on any atom is -0.339 e. The molecule has 0 radical (unpaired) electrons. The van der Waals surface area contributed by atoms with Gasteiger partial charge >= 0.3 is 0 Å². The van der Waals surface area contributed by atoms with Crippen LogP contribution < -0.4 is 10.6 Å².